The number of urea groups is 1. The van der Waals surface area contributed by atoms with Crippen LogP contribution in [0.2, 0.25) is 0 Å². The predicted octanol–water partition coefficient (Wildman–Crippen LogP) is 2.36. The fourth-order valence-electron chi connectivity index (χ4n) is 2.68. The van der Waals surface area contributed by atoms with Gasteiger partial charge in [0.05, 0.1) is 12.7 Å². The maximum Gasteiger partial charge on any atom is 0.315 e. The smallest absolute Gasteiger partial charge is 0.315 e. The first-order chi connectivity index (χ1) is 11.7. The van der Waals surface area contributed by atoms with Crippen LogP contribution in [0.15, 0.2) is 54.9 Å². The second-order valence-corrected chi connectivity index (χ2v) is 5.85. The Bertz CT molecular complexity index is 800. The van der Waals surface area contributed by atoms with Gasteiger partial charge in [-0.15, -0.1) is 5.10 Å². The van der Waals surface area contributed by atoms with Crippen molar-refractivity contribution in [3.05, 3.63) is 60.4 Å². The second-order valence-electron chi connectivity index (χ2n) is 5.85. The average Bonchev–Trinajstić information content (AvgIpc) is 3.08. The highest BCUT2D eigenvalue weighted by atomic mass is 16.2. The van der Waals surface area contributed by atoms with E-state index in [4.69, 9.17) is 0 Å². The molecular weight excluding hydrogens is 302 g/mol. The topological polar surface area (TPSA) is 71.8 Å². The van der Waals surface area contributed by atoms with Gasteiger partial charge in [-0.2, -0.15) is 0 Å². The van der Waals surface area contributed by atoms with Crippen molar-refractivity contribution < 1.29 is 4.79 Å². The Labute approximate surface area is 140 Å². The van der Waals surface area contributed by atoms with Crippen LogP contribution >= 0.6 is 0 Å². The largest absolute Gasteiger partial charge is 0.336 e. The number of rotatable bonds is 6. The molecule has 1 unspecified atom stereocenters. The number of hydrogen-bond donors (Lipinski definition) is 2. The number of benzene rings is 2. The molecule has 24 heavy (non-hydrogen) atoms. The van der Waals surface area contributed by atoms with E-state index < -0.39 is 0 Å². The van der Waals surface area contributed by atoms with Gasteiger partial charge in [-0.3, -0.25) is 4.68 Å². The van der Waals surface area contributed by atoms with Gasteiger partial charge in [-0.05, 0) is 29.7 Å². The van der Waals surface area contributed by atoms with E-state index >= 15 is 0 Å². The van der Waals surface area contributed by atoms with Crippen LogP contribution in [0.1, 0.15) is 12.5 Å². The highest BCUT2D eigenvalue weighted by molar-refractivity contribution is 5.83. The maximum atomic E-state index is 11.9. The van der Waals surface area contributed by atoms with E-state index in [0.29, 0.717) is 13.1 Å². The summed E-state index contributed by atoms with van der Waals surface area (Å²) >= 11 is 0. The molecular formula is C18H21N5O. The number of nitrogens with zero attached hydrogens (tertiary/aromatic N) is 3. The number of hydrogen-bond acceptors (Lipinski definition) is 3. The third-order valence-corrected chi connectivity index (χ3v) is 3.83. The van der Waals surface area contributed by atoms with E-state index in [0.717, 1.165) is 6.42 Å². The van der Waals surface area contributed by atoms with Gasteiger partial charge in [0.2, 0.25) is 0 Å². The van der Waals surface area contributed by atoms with E-state index in [9.17, 15) is 4.79 Å². The molecule has 0 aliphatic rings. The minimum absolute atomic E-state index is 0.0533. The van der Waals surface area contributed by atoms with Crippen LogP contribution in [0.3, 0.4) is 0 Å². The predicted molar refractivity (Wildman–Crippen MR) is 93.7 cm³/mol. The molecule has 1 aromatic heterocycles. The van der Waals surface area contributed by atoms with Crippen LogP contribution in [0.5, 0.6) is 0 Å². The van der Waals surface area contributed by atoms with Gasteiger partial charge >= 0.3 is 6.03 Å². The maximum absolute atomic E-state index is 11.9. The molecule has 0 aliphatic carbocycles. The Morgan fingerprint density at radius 1 is 1.21 bits per heavy atom. The van der Waals surface area contributed by atoms with Crippen LogP contribution in [0.4, 0.5) is 4.79 Å². The summed E-state index contributed by atoms with van der Waals surface area (Å²) in [5, 5.41) is 15.8. The molecule has 1 heterocycles. The summed E-state index contributed by atoms with van der Waals surface area (Å²) in [6.45, 7) is 3.12. The number of carbonyl (C=O) groups is 1. The number of nitrogens with one attached hydrogen (secondary N) is 2. The molecule has 0 spiro atoms. The minimum Gasteiger partial charge on any atom is -0.336 e. The van der Waals surface area contributed by atoms with Crippen molar-refractivity contribution in [3.63, 3.8) is 0 Å². The number of fused-ring (bicyclic) bond motifs is 1. The second kappa shape index (κ2) is 7.59. The quantitative estimate of drug-likeness (QED) is 0.731. The SMILES string of the molecule is CC(Cc1ccc2ccccc2c1)NC(=O)NCCn1ccnn1. The summed E-state index contributed by atoms with van der Waals surface area (Å²) in [7, 11) is 0. The molecule has 0 saturated carbocycles. The van der Waals surface area contributed by atoms with Gasteiger partial charge in [0.15, 0.2) is 0 Å². The molecule has 3 aromatic rings. The zero-order valence-electron chi connectivity index (χ0n) is 13.6. The monoisotopic (exact) mass is 323 g/mol. The van der Waals surface area contributed by atoms with Crippen molar-refractivity contribution in [1.29, 1.82) is 0 Å². The molecule has 0 fully saturated rings. The van der Waals surface area contributed by atoms with Crippen LogP contribution in [0, 0.1) is 0 Å². The first-order valence-electron chi connectivity index (χ1n) is 8.07. The van der Waals surface area contributed by atoms with Gasteiger partial charge in [0.1, 0.15) is 0 Å². The molecule has 6 heteroatoms. The highest BCUT2D eigenvalue weighted by Gasteiger charge is 2.08. The summed E-state index contributed by atoms with van der Waals surface area (Å²) in [5.74, 6) is 0. The van der Waals surface area contributed by atoms with Crippen molar-refractivity contribution in [2.45, 2.75) is 25.9 Å². The number of carbonyl (C=O) groups excluding carboxylic acids is 1. The lowest BCUT2D eigenvalue weighted by atomic mass is 10.0. The molecule has 6 nitrogen and oxygen atoms in total. The molecule has 3 rings (SSSR count). The number of aromatic nitrogens is 3. The van der Waals surface area contributed by atoms with E-state index in [-0.39, 0.29) is 12.1 Å². The van der Waals surface area contributed by atoms with Gasteiger partial charge in [0.25, 0.3) is 0 Å². The summed E-state index contributed by atoms with van der Waals surface area (Å²) < 4.78 is 1.68. The average molecular weight is 323 g/mol. The molecule has 2 amide bonds. The number of amides is 2. The highest BCUT2D eigenvalue weighted by Crippen LogP contribution is 2.16. The van der Waals surface area contributed by atoms with Crippen molar-refractivity contribution in [2.24, 2.45) is 0 Å². The van der Waals surface area contributed by atoms with E-state index in [1.807, 2.05) is 19.1 Å². The summed E-state index contributed by atoms with van der Waals surface area (Å²) in [6, 6.07) is 14.6. The Kier molecular flexibility index (Phi) is 5.05. The Balaban J connectivity index is 1.47. The van der Waals surface area contributed by atoms with E-state index in [2.05, 4.69) is 51.3 Å². The molecule has 124 valence electrons. The summed E-state index contributed by atoms with van der Waals surface area (Å²) in [6.07, 6.45) is 4.18. The normalized spacial score (nSPS) is 12.0. The summed E-state index contributed by atoms with van der Waals surface area (Å²) in [4.78, 5) is 11.9. The minimum atomic E-state index is -0.164. The first-order valence-corrected chi connectivity index (χ1v) is 8.07. The molecule has 2 aromatic carbocycles. The molecule has 2 N–H and O–H groups in total. The van der Waals surface area contributed by atoms with Crippen molar-refractivity contribution in [1.82, 2.24) is 25.6 Å². The van der Waals surface area contributed by atoms with E-state index in [1.165, 1.54) is 16.3 Å². The van der Waals surface area contributed by atoms with Crippen molar-refractivity contribution in [2.75, 3.05) is 6.54 Å². The van der Waals surface area contributed by atoms with Crippen LogP contribution in [0.25, 0.3) is 10.8 Å². The molecule has 0 radical (unpaired) electrons. The third-order valence-electron chi connectivity index (χ3n) is 3.83. The van der Waals surface area contributed by atoms with Crippen LogP contribution in [-0.4, -0.2) is 33.6 Å². The van der Waals surface area contributed by atoms with E-state index in [1.54, 1.807) is 17.1 Å². The Hall–Kier alpha value is -2.89. The van der Waals surface area contributed by atoms with Crippen LogP contribution < -0.4 is 10.6 Å². The van der Waals surface area contributed by atoms with Crippen molar-refractivity contribution in [3.8, 4) is 0 Å². The third kappa shape index (κ3) is 4.32. The Morgan fingerprint density at radius 2 is 2.04 bits per heavy atom. The molecule has 0 aliphatic heterocycles. The zero-order chi connectivity index (χ0) is 16.8. The van der Waals surface area contributed by atoms with Gasteiger partial charge in [-0.25, -0.2) is 4.79 Å². The molecule has 1 atom stereocenters. The molecule has 0 bridgehead atoms. The van der Waals surface area contributed by atoms with Gasteiger partial charge in [-0.1, -0.05) is 47.7 Å². The fourth-order valence-corrected chi connectivity index (χ4v) is 2.68. The lowest BCUT2D eigenvalue weighted by Crippen LogP contribution is -2.42. The van der Waals surface area contributed by atoms with Gasteiger partial charge in [0, 0.05) is 18.8 Å². The zero-order valence-corrected chi connectivity index (χ0v) is 13.6. The fraction of sp³-hybridized carbons (Fsp3) is 0.278. The van der Waals surface area contributed by atoms with Crippen LogP contribution in [-0.2, 0) is 13.0 Å². The molecule has 0 saturated heterocycles. The standard InChI is InChI=1S/C18H21N5O/c1-14(21-18(24)19-8-10-23-11-9-20-22-23)12-15-6-7-16-4-2-3-5-17(16)13-15/h2-7,9,11,13-14H,8,10,12H2,1H3,(H2,19,21,24). The lowest BCUT2D eigenvalue weighted by Gasteiger charge is -2.15. The first kappa shape index (κ1) is 16.0. The Morgan fingerprint density at radius 3 is 2.83 bits per heavy atom. The summed E-state index contributed by atoms with van der Waals surface area (Å²) in [5.41, 5.74) is 1.21. The van der Waals surface area contributed by atoms with Gasteiger partial charge < -0.3 is 10.6 Å². The van der Waals surface area contributed by atoms with Crippen molar-refractivity contribution >= 4 is 16.8 Å². The lowest BCUT2D eigenvalue weighted by molar-refractivity contribution is 0.237.